The first-order chi connectivity index (χ1) is 18.9. The number of aryl methyl sites for hydroxylation is 1. The molecular formula is C28H31N9O2. The van der Waals surface area contributed by atoms with Crippen LogP contribution >= 0.6 is 0 Å². The lowest BCUT2D eigenvalue weighted by atomic mass is 10.1. The van der Waals surface area contributed by atoms with Gasteiger partial charge in [0.15, 0.2) is 5.65 Å². The summed E-state index contributed by atoms with van der Waals surface area (Å²) in [6.07, 6.45) is 7.61. The summed E-state index contributed by atoms with van der Waals surface area (Å²) in [6, 6.07) is 7.69. The van der Waals surface area contributed by atoms with Crippen LogP contribution in [0.4, 0.5) is 23.0 Å². The average Bonchev–Trinajstić information content (AvgIpc) is 3.41. The Morgan fingerprint density at radius 3 is 2.82 bits per heavy atom. The van der Waals surface area contributed by atoms with Crippen LogP contribution < -0.4 is 20.7 Å². The van der Waals surface area contributed by atoms with Gasteiger partial charge in [0.2, 0.25) is 5.95 Å². The molecule has 0 fully saturated rings. The highest BCUT2D eigenvalue weighted by molar-refractivity contribution is 6.05. The van der Waals surface area contributed by atoms with Gasteiger partial charge in [-0.2, -0.15) is 10.1 Å². The van der Waals surface area contributed by atoms with E-state index in [1.165, 1.54) is 6.08 Å². The van der Waals surface area contributed by atoms with E-state index < -0.39 is 0 Å². The molecule has 1 aromatic carbocycles. The number of carbonyl (C=O) groups is 1. The van der Waals surface area contributed by atoms with Crippen LogP contribution in [0.3, 0.4) is 0 Å². The molecule has 0 atom stereocenters. The summed E-state index contributed by atoms with van der Waals surface area (Å²) >= 11 is 0. The van der Waals surface area contributed by atoms with Crippen molar-refractivity contribution in [3.05, 3.63) is 71.4 Å². The molecule has 200 valence electrons. The summed E-state index contributed by atoms with van der Waals surface area (Å²) in [7, 11) is 2.09. The van der Waals surface area contributed by atoms with Gasteiger partial charge in [0, 0.05) is 44.0 Å². The van der Waals surface area contributed by atoms with Crippen molar-refractivity contribution in [2.24, 2.45) is 0 Å². The Kier molecular flexibility index (Phi) is 6.35. The van der Waals surface area contributed by atoms with Crippen molar-refractivity contribution in [2.45, 2.75) is 19.9 Å². The van der Waals surface area contributed by atoms with Gasteiger partial charge in [-0.15, -0.1) is 0 Å². The fraction of sp³-hybridized carbons (Fsp3) is 0.321. The van der Waals surface area contributed by atoms with Crippen LogP contribution in [0.1, 0.15) is 12.0 Å². The third-order valence-corrected chi connectivity index (χ3v) is 7.37. The van der Waals surface area contributed by atoms with E-state index >= 15 is 0 Å². The molecule has 1 N–H and O–H groups in total. The summed E-state index contributed by atoms with van der Waals surface area (Å²) in [4.78, 5) is 42.2. The lowest BCUT2D eigenvalue weighted by molar-refractivity contribution is -0.114. The Bertz CT molecular complexity index is 1640. The largest absolute Gasteiger partial charge is 0.354 e. The Hall–Kier alpha value is -4.51. The summed E-state index contributed by atoms with van der Waals surface area (Å²) in [5.74, 6) is 0.314. The molecule has 0 aliphatic carbocycles. The van der Waals surface area contributed by atoms with E-state index in [1.54, 1.807) is 21.9 Å². The molecule has 0 saturated heterocycles. The molecule has 2 aliphatic heterocycles. The van der Waals surface area contributed by atoms with Gasteiger partial charge in [0.1, 0.15) is 5.69 Å². The van der Waals surface area contributed by atoms with Gasteiger partial charge in [0.25, 0.3) is 11.5 Å². The van der Waals surface area contributed by atoms with E-state index in [4.69, 9.17) is 4.98 Å². The van der Waals surface area contributed by atoms with Crippen molar-refractivity contribution >= 4 is 40.0 Å². The molecule has 2 aliphatic rings. The highest BCUT2D eigenvalue weighted by atomic mass is 16.2. The molecule has 5 heterocycles. The zero-order valence-electron chi connectivity index (χ0n) is 22.2. The molecule has 0 radical (unpaired) electrons. The SMILES string of the molecule is C=CC(=O)N1CCN(c2cc3cnc4nc3n(c2=O)-c2cnn(c2)CCN(C)CCCN4)c2cccc(C)c21. The second-order valence-electron chi connectivity index (χ2n) is 9.98. The van der Waals surface area contributed by atoms with Crippen molar-refractivity contribution < 1.29 is 4.79 Å². The quantitative estimate of drug-likeness (QED) is 0.399. The fourth-order valence-corrected chi connectivity index (χ4v) is 5.35. The highest BCUT2D eigenvalue weighted by Crippen LogP contribution is 2.39. The molecule has 0 saturated carbocycles. The Labute approximate surface area is 226 Å². The number of para-hydroxylation sites is 1. The molecule has 0 unspecified atom stereocenters. The van der Waals surface area contributed by atoms with E-state index in [2.05, 4.69) is 33.9 Å². The van der Waals surface area contributed by atoms with Crippen LogP contribution in [0.15, 0.2) is 60.3 Å². The van der Waals surface area contributed by atoms with Crippen LogP contribution in [0.2, 0.25) is 0 Å². The topological polar surface area (TPSA) is 104 Å². The summed E-state index contributed by atoms with van der Waals surface area (Å²) in [6.45, 7) is 9.73. The molecule has 0 spiro atoms. The first kappa shape index (κ1) is 24.8. The number of rotatable bonds is 2. The zero-order chi connectivity index (χ0) is 27.1. The first-order valence-corrected chi connectivity index (χ1v) is 13.1. The molecule has 39 heavy (non-hydrogen) atoms. The number of nitrogens with one attached hydrogen (secondary N) is 1. The zero-order valence-corrected chi connectivity index (χ0v) is 22.2. The third-order valence-electron chi connectivity index (χ3n) is 7.37. The van der Waals surface area contributed by atoms with Crippen molar-refractivity contribution in [3.8, 4) is 5.69 Å². The maximum atomic E-state index is 14.3. The van der Waals surface area contributed by atoms with Crippen molar-refractivity contribution in [2.75, 3.05) is 54.9 Å². The monoisotopic (exact) mass is 525 g/mol. The first-order valence-electron chi connectivity index (χ1n) is 13.1. The number of likely N-dealkylation sites (N-methyl/N-ethyl adjacent to an activating group) is 1. The number of carbonyl (C=O) groups excluding carboxylic acids is 1. The number of nitrogens with zero attached hydrogens (tertiary/aromatic N) is 8. The summed E-state index contributed by atoms with van der Waals surface area (Å²) < 4.78 is 3.48. The second-order valence-corrected chi connectivity index (χ2v) is 9.98. The molecule has 4 bridgehead atoms. The minimum atomic E-state index is -0.216. The van der Waals surface area contributed by atoms with Gasteiger partial charge in [-0.25, -0.2) is 4.98 Å². The number of hydrogen-bond acceptors (Lipinski definition) is 8. The number of fused-ring (bicyclic) bond motifs is 5. The molecule has 3 aromatic heterocycles. The number of benzene rings is 1. The van der Waals surface area contributed by atoms with Gasteiger partial charge >= 0.3 is 0 Å². The lowest BCUT2D eigenvalue weighted by Crippen LogP contribution is -2.43. The van der Waals surface area contributed by atoms with Crippen LogP contribution in [0, 0.1) is 6.92 Å². The van der Waals surface area contributed by atoms with Gasteiger partial charge < -0.3 is 20.0 Å². The lowest BCUT2D eigenvalue weighted by Gasteiger charge is -2.38. The van der Waals surface area contributed by atoms with Crippen LogP contribution in [-0.4, -0.2) is 74.9 Å². The maximum Gasteiger partial charge on any atom is 0.280 e. The van der Waals surface area contributed by atoms with Crippen molar-refractivity contribution in [1.82, 2.24) is 29.2 Å². The Balaban J connectivity index is 1.55. The second kappa shape index (κ2) is 9.99. The number of hydrogen-bond donors (Lipinski definition) is 1. The smallest absolute Gasteiger partial charge is 0.280 e. The number of pyridine rings is 1. The van der Waals surface area contributed by atoms with Gasteiger partial charge in [0.05, 0.1) is 29.8 Å². The number of amides is 1. The Morgan fingerprint density at radius 1 is 1.10 bits per heavy atom. The minimum absolute atomic E-state index is 0.166. The van der Waals surface area contributed by atoms with E-state index in [-0.39, 0.29) is 11.5 Å². The van der Waals surface area contributed by atoms with Gasteiger partial charge in [-0.3, -0.25) is 18.8 Å². The van der Waals surface area contributed by atoms with E-state index in [1.807, 2.05) is 47.0 Å². The van der Waals surface area contributed by atoms with Crippen molar-refractivity contribution in [1.29, 1.82) is 0 Å². The predicted molar refractivity (Wildman–Crippen MR) is 152 cm³/mol. The minimum Gasteiger partial charge on any atom is -0.354 e. The third kappa shape index (κ3) is 4.44. The molecule has 6 rings (SSSR count). The number of anilines is 4. The van der Waals surface area contributed by atoms with E-state index in [0.29, 0.717) is 42.6 Å². The van der Waals surface area contributed by atoms with Gasteiger partial charge in [-0.1, -0.05) is 18.7 Å². The van der Waals surface area contributed by atoms with E-state index in [0.717, 1.165) is 48.4 Å². The standard InChI is InChI=1S/C28H31N9O2/c1-4-24(38)36-14-13-35(22-8-5-7-19(2)25(22)36)23-15-20-16-30-28-29-9-6-10-33(3)11-12-34-18-21(17-31-34)37(27(23)39)26(20)32-28/h4-5,7-8,15-18H,1,6,9-14H2,2-3H3,(H,29,30,32). The van der Waals surface area contributed by atoms with Crippen LogP contribution in [0.5, 0.6) is 0 Å². The van der Waals surface area contributed by atoms with Crippen LogP contribution in [0.25, 0.3) is 16.7 Å². The highest BCUT2D eigenvalue weighted by Gasteiger charge is 2.30. The molecule has 1 amide bonds. The summed E-state index contributed by atoms with van der Waals surface area (Å²) in [5, 5.41) is 8.57. The normalized spacial score (nSPS) is 16.1. The van der Waals surface area contributed by atoms with Crippen LogP contribution in [-0.2, 0) is 11.3 Å². The molecule has 11 heteroatoms. The Morgan fingerprint density at radius 2 is 1.97 bits per heavy atom. The number of aromatic nitrogens is 5. The molecule has 4 aromatic rings. The predicted octanol–water partition coefficient (Wildman–Crippen LogP) is 2.70. The molecule has 11 nitrogen and oxygen atoms in total. The van der Waals surface area contributed by atoms with E-state index in [9.17, 15) is 9.59 Å². The fourth-order valence-electron chi connectivity index (χ4n) is 5.35. The average molecular weight is 526 g/mol. The van der Waals surface area contributed by atoms with Gasteiger partial charge in [-0.05, 0) is 50.7 Å². The molecular weight excluding hydrogens is 494 g/mol. The summed E-state index contributed by atoms with van der Waals surface area (Å²) in [5.41, 5.74) is 3.94. The van der Waals surface area contributed by atoms with Crippen molar-refractivity contribution in [3.63, 3.8) is 0 Å². The maximum absolute atomic E-state index is 14.3.